The maximum atomic E-state index is 11.9. The minimum atomic E-state index is 0.318. The number of rotatable bonds is 3. The van der Waals surface area contributed by atoms with Crippen LogP contribution in [0, 0.1) is 23.7 Å². The van der Waals surface area contributed by atoms with Crippen molar-refractivity contribution in [1.29, 1.82) is 0 Å². The van der Waals surface area contributed by atoms with Gasteiger partial charge >= 0.3 is 0 Å². The van der Waals surface area contributed by atoms with Crippen LogP contribution in [0.1, 0.15) is 32.1 Å². The molecule has 2 saturated carbocycles. The Morgan fingerprint density at radius 2 is 1.81 bits per heavy atom. The van der Waals surface area contributed by atoms with Gasteiger partial charge in [0.1, 0.15) is 0 Å². The Morgan fingerprint density at radius 1 is 1.12 bits per heavy atom. The van der Waals surface area contributed by atoms with Gasteiger partial charge in [-0.25, -0.2) is 0 Å². The van der Waals surface area contributed by atoms with Crippen molar-refractivity contribution >= 4 is 5.91 Å². The molecule has 0 bridgehead atoms. The van der Waals surface area contributed by atoms with Crippen molar-refractivity contribution in [3.05, 3.63) is 0 Å². The van der Waals surface area contributed by atoms with Crippen LogP contribution in [0.5, 0.6) is 0 Å². The van der Waals surface area contributed by atoms with Crippen LogP contribution in [-0.4, -0.2) is 25.7 Å². The Morgan fingerprint density at radius 3 is 2.50 bits per heavy atom. The normalized spacial score (nSPS) is 38.1. The van der Waals surface area contributed by atoms with Gasteiger partial charge in [-0.2, -0.15) is 0 Å². The molecule has 1 aliphatic heterocycles. The average molecular weight is 223 g/mol. The highest BCUT2D eigenvalue weighted by atomic mass is 16.5. The summed E-state index contributed by atoms with van der Waals surface area (Å²) in [6.07, 6.45) is 5.92. The molecule has 3 rings (SSSR count). The average Bonchev–Trinajstić information content (AvgIpc) is 2.94. The van der Waals surface area contributed by atoms with E-state index < -0.39 is 0 Å². The summed E-state index contributed by atoms with van der Waals surface area (Å²) in [6.45, 7) is 2.61. The summed E-state index contributed by atoms with van der Waals surface area (Å²) < 4.78 is 5.31. The molecule has 1 saturated heterocycles. The molecule has 3 fully saturated rings. The summed E-state index contributed by atoms with van der Waals surface area (Å²) >= 11 is 0. The Bertz CT molecular complexity index is 263. The topological polar surface area (TPSA) is 38.3 Å². The van der Waals surface area contributed by atoms with Crippen LogP contribution >= 0.6 is 0 Å². The fourth-order valence-electron chi connectivity index (χ4n) is 3.27. The minimum Gasteiger partial charge on any atom is -0.381 e. The molecule has 2 unspecified atom stereocenters. The second-order valence-corrected chi connectivity index (χ2v) is 5.73. The molecule has 16 heavy (non-hydrogen) atoms. The molecule has 0 spiro atoms. The van der Waals surface area contributed by atoms with Crippen molar-refractivity contribution in [2.24, 2.45) is 23.7 Å². The Hall–Kier alpha value is -0.570. The van der Waals surface area contributed by atoms with Crippen molar-refractivity contribution in [2.75, 3.05) is 19.8 Å². The van der Waals surface area contributed by atoms with Gasteiger partial charge in [-0.3, -0.25) is 4.79 Å². The van der Waals surface area contributed by atoms with Crippen LogP contribution in [0.25, 0.3) is 0 Å². The number of carbonyl (C=O) groups is 1. The van der Waals surface area contributed by atoms with Crippen molar-refractivity contribution in [3.8, 4) is 0 Å². The lowest BCUT2D eigenvalue weighted by molar-refractivity contribution is -0.125. The van der Waals surface area contributed by atoms with Crippen molar-refractivity contribution < 1.29 is 9.53 Å². The molecule has 90 valence electrons. The van der Waals surface area contributed by atoms with Crippen LogP contribution in [0.15, 0.2) is 0 Å². The van der Waals surface area contributed by atoms with Crippen LogP contribution < -0.4 is 5.32 Å². The van der Waals surface area contributed by atoms with Gasteiger partial charge in [0.25, 0.3) is 0 Å². The summed E-state index contributed by atoms with van der Waals surface area (Å²) in [5, 5.41) is 3.14. The smallest absolute Gasteiger partial charge is 0.223 e. The highest BCUT2D eigenvalue weighted by molar-refractivity contribution is 5.79. The molecule has 0 aromatic rings. The molecular formula is C13H21NO2. The van der Waals surface area contributed by atoms with Crippen molar-refractivity contribution in [2.45, 2.75) is 32.1 Å². The lowest BCUT2D eigenvalue weighted by atomic mass is 9.99. The van der Waals surface area contributed by atoms with Gasteiger partial charge in [0, 0.05) is 25.7 Å². The third-order valence-electron chi connectivity index (χ3n) is 4.52. The Labute approximate surface area is 96.9 Å². The molecular weight excluding hydrogens is 202 g/mol. The maximum absolute atomic E-state index is 11.9. The number of nitrogens with one attached hydrogen (secondary N) is 1. The fraction of sp³-hybridized carbons (Fsp3) is 0.923. The highest BCUT2D eigenvalue weighted by Gasteiger charge is 2.47. The van der Waals surface area contributed by atoms with E-state index in [9.17, 15) is 4.79 Å². The first-order valence-electron chi connectivity index (χ1n) is 6.68. The third-order valence-corrected chi connectivity index (χ3v) is 4.52. The third kappa shape index (κ3) is 2.24. The molecule has 1 amide bonds. The van der Waals surface area contributed by atoms with E-state index >= 15 is 0 Å². The molecule has 2 atom stereocenters. The molecule has 3 nitrogen and oxygen atoms in total. The molecule has 1 N–H and O–H groups in total. The summed E-state index contributed by atoms with van der Waals surface area (Å²) in [7, 11) is 0. The molecule has 2 aliphatic carbocycles. The summed E-state index contributed by atoms with van der Waals surface area (Å²) in [4.78, 5) is 11.9. The summed E-state index contributed by atoms with van der Waals surface area (Å²) in [5.41, 5.74) is 0. The second-order valence-electron chi connectivity index (χ2n) is 5.73. The molecule has 3 heteroatoms. The number of ether oxygens (including phenoxy) is 1. The predicted octanol–water partition coefficient (Wildman–Crippen LogP) is 1.58. The van der Waals surface area contributed by atoms with E-state index in [0.717, 1.165) is 57.3 Å². The lowest BCUT2D eigenvalue weighted by Crippen LogP contribution is -2.35. The predicted molar refractivity (Wildman–Crippen MR) is 60.9 cm³/mol. The Kier molecular flexibility index (Phi) is 2.88. The number of hydrogen-bond acceptors (Lipinski definition) is 2. The zero-order valence-electron chi connectivity index (χ0n) is 9.78. The first-order chi connectivity index (χ1) is 7.83. The number of fused-ring (bicyclic) bond motifs is 1. The molecule has 0 aromatic carbocycles. The fourth-order valence-corrected chi connectivity index (χ4v) is 3.27. The summed E-state index contributed by atoms with van der Waals surface area (Å²) in [6, 6.07) is 0. The standard InChI is InChI=1S/C13H21NO2/c15-13(12-6-10-5-11(10)7-12)14-8-9-1-3-16-4-2-9/h9-12H,1-8H2,(H,14,15). The van der Waals surface area contributed by atoms with E-state index in [2.05, 4.69) is 5.32 Å². The maximum Gasteiger partial charge on any atom is 0.223 e. The second kappa shape index (κ2) is 4.36. The zero-order chi connectivity index (χ0) is 11.0. The van der Waals surface area contributed by atoms with Gasteiger partial charge in [0.05, 0.1) is 0 Å². The lowest BCUT2D eigenvalue weighted by Gasteiger charge is -2.23. The van der Waals surface area contributed by atoms with E-state index in [-0.39, 0.29) is 0 Å². The SMILES string of the molecule is O=C(NCC1CCOCC1)C1CC2CC2C1. The summed E-state index contributed by atoms with van der Waals surface area (Å²) in [5.74, 6) is 3.11. The van der Waals surface area contributed by atoms with Crippen molar-refractivity contribution in [1.82, 2.24) is 5.32 Å². The molecule has 1 heterocycles. The zero-order valence-corrected chi connectivity index (χ0v) is 9.78. The van der Waals surface area contributed by atoms with E-state index in [1.807, 2.05) is 0 Å². The number of carbonyl (C=O) groups excluding carboxylic acids is 1. The van der Waals surface area contributed by atoms with Gasteiger partial charge < -0.3 is 10.1 Å². The van der Waals surface area contributed by atoms with Gasteiger partial charge in [0.2, 0.25) is 5.91 Å². The first kappa shape index (κ1) is 10.6. The number of hydrogen-bond donors (Lipinski definition) is 1. The van der Waals surface area contributed by atoms with Gasteiger partial charge in [-0.05, 0) is 49.9 Å². The van der Waals surface area contributed by atoms with Gasteiger partial charge in [-0.15, -0.1) is 0 Å². The first-order valence-corrected chi connectivity index (χ1v) is 6.68. The molecule has 0 aromatic heterocycles. The van der Waals surface area contributed by atoms with E-state index in [1.165, 1.54) is 6.42 Å². The monoisotopic (exact) mass is 223 g/mol. The van der Waals surface area contributed by atoms with E-state index in [0.29, 0.717) is 17.7 Å². The van der Waals surface area contributed by atoms with Crippen molar-refractivity contribution in [3.63, 3.8) is 0 Å². The van der Waals surface area contributed by atoms with Crippen LogP contribution in [0.3, 0.4) is 0 Å². The molecule has 0 radical (unpaired) electrons. The van der Waals surface area contributed by atoms with E-state index in [1.54, 1.807) is 0 Å². The highest BCUT2D eigenvalue weighted by Crippen LogP contribution is 2.54. The largest absolute Gasteiger partial charge is 0.381 e. The minimum absolute atomic E-state index is 0.318. The Balaban J connectivity index is 1.39. The molecule has 3 aliphatic rings. The van der Waals surface area contributed by atoms with Gasteiger partial charge in [0.15, 0.2) is 0 Å². The quantitative estimate of drug-likeness (QED) is 0.789. The van der Waals surface area contributed by atoms with Gasteiger partial charge in [-0.1, -0.05) is 0 Å². The van der Waals surface area contributed by atoms with Crippen LogP contribution in [-0.2, 0) is 9.53 Å². The van der Waals surface area contributed by atoms with Crippen LogP contribution in [0.4, 0.5) is 0 Å². The number of amides is 1. The van der Waals surface area contributed by atoms with E-state index in [4.69, 9.17) is 4.74 Å². The van der Waals surface area contributed by atoms with Crippen LogP contribution in [0.2, 0.25) is 0 Å².